The van der Waals surface area contributed by atoms with E-state index in [9.17, 15) is 9.18 Å². The maximum atomic E-state index is 13.2. The summed E-state index contributed by atoms with van der Waals surface area (Å²) in [6.07, 6.45) is -1.39. The van der Waals surface area contributed by atoms with Gasteiger partial charge in [0.2, 0.25) is 0 Å². The van der Waals surface area contributed by atoms with Gasteiger partial charge in [-0.3, -0.25) is 0 Å². The second kappa shape index (κ2) is 6.35. The molecule has 4 nitrogen and oxygen atoms in total. The van der Waals surface area contributed by atoms with Crippen molar-refractivity contribution in [2.45, 2.75) is 12.8 Å². The van der Waals surface area contributed by atoms with E-state index in [1.54, 1.807) is 0 Å². The van der Waals surface area contributed by atoms with E-state index in [1.165, 1.54) is 0 Å². The molecule has 5 heteroatoms. The standard InChI is InChI=1S/C13H17FN2O2/c14-12-8-15-6-11(12)7-16-13(17)18-9-10-4-2-1-3-5-10/h1-5,11-12,15H,6-9H2,(H,16,17). The molecule has 2 atom stereocenters. The number of rotatable bonds is 4. The summed E-state index contributed by atoms with van der Waals surface area (Å²) in [5.74, 6) is -0.158. The van der Waals surface area contributed by atoms with Gasteiger partial charge in [0, 0.05) is 25.6 Å². The summed E-state index contributed by atoms with van der Waals surface area (Å²) in [7, 11) is 0. The third-order valence-corrected chi connectivity index (χ3v) is 2.98. The van der Waals surface area contributed by atoms with Crippen molar-refractivity contribution in [3.05, 3.63) is 35.9 Å². The van der Waals surface area contributed by atoms with Crippen molar-refractivity contribution in [1.82, 2.24) is 10.6 Å². The number of alkyl carbamates (subject to hydrolysis) is 1. The molecule has 0 aliphatic carbocycles. The van der Waals surface area contributed by atoms with Crippen LogP contribution in [0.15, 0.2) is 30.3 Å². The van der Waals surface area contributed by atoms with Gasteiger partial charge in [0.25, 0.3) is 0 Å². The van der Waals surface area contributed by atoms with Crippen molar-refractivity contribution in [1.29, 1.82) is 0 Å². The lowest BCUT2D eigenvalue weighted by Gasteiger charge is -2.12. The Balaban J connectivity index is 1.66. The van der Waals surface area contributed by atoms with E-state index in [-0.39, 0.29) is 12.5 Å². The molecular weight excluding hydrogens is 235 g/mol. The lowest BCUT2D eigenvalue weighted by molar-refractivity contribution is 0.136. The third-order valence-electron chi connectivity index (χ3n) is 2.98. The predicted molar refractivity (Wildman–Crippen MR) is 65.9 cm³/mol. The Kier molecular flexibility index (Phi) is 4.52. The number of hydrogen-bond donors (Lipinski definition) is 2. The van der Waals surface area contributed by atoms with Crippen LogP contribution in [0.5, 0.6) is 0 Å². The molecule has 1 aliphatic rings. The van der Waals surface area contributed by atoms with Gasteiger partial charge in [-0.05, 0) is 5.56 Å². The number of carbonyl (C=O) groups excluding carboxylic acids is 1. The van der Waals surface area contributed by atoms with E-state index in [0.717, 1.165) is 5.56 Å². The molecule has 1 heterocycles. The molecule has 2 rings (SSSR count). The number of hydrogen-bond acceptors (Lipinski definition) is 3. The minimum absolute atomic E-state index is 0.158. The summed E-state index contributed by atoms with van der Waals surface area (Å²) >= 11 is 0. The SMILES string of the molecule is O=C(NCC1CNCC1F)OCc1ccccc1. The molecule has 0 bridgehead atoms. The number of amides is 1. The zero-order valence-corrected chi connectivity index (χ0v) is 10.1. The largest absolute Gasteiger partial charge is 0.445 e. The molecule has 0 radical (unpaired) electrons. The minimum Gasteiger partial charge on any atom is -0.445 e. The van der Waals surface area contributed by atoms with Crippen LogP contribution >= 0.6 is 0 Å². The number of alkyl halides is 1. The van der Waals surface area contributed by atoms with Crippen LogP contribution in [0.4, 0.5) is 9.18 Å². The highest BCUT2D eigenvalue weighted by Gasteiger charge is 2.26. The van der Waals surface area contributed by atoms with Gasteiger partial charge in [-0.15, -0.1) is 0 Å². The van der Waals surface area contributed by atoms with Crippen molar-refractivity contribution < 1.29 is 13.9 Å². The summed E-state index contributed by atoms with van der Waals surface area (Å²) in [4.78, 5) is 11.4. The highest BCUT2D eigenvalue weighted by Crippen LogP contribution is 2.11. The summed E-state index contributed by atoms with van der Waals surface area (Å²) in [6, 6.07) is 9.43. The Morgan fingerprint density at radius 3 is 2.83 bits per heavy atom. The van der Waals surface area contributed by atoms with Crippen molar-refractivity contribution in [3.63, 3.8) is 0 Å². The van der Waals surface area contributed by atoms with Gasteiger partial charge in [-0.1, -0.05) is 30.3 Å². The van der Waals surface area contributed by atoms with Gasteiger partial charge in [-0.25, -0.2) is 9.18 Å². The van der Waals surface area contributed by atoms with Crippen LogP contribution in [0, 0.1) is 5.92 Å². The smallest absolute Gasteiger partial charge is 0.407 e. The second-order valence-corrected chi connectivity index (χ2v) is 4.38. The topological polar surface area (TPSA) is 50.4 Å². The van der Waals surface area contributed by atoms with E-state index >= 15 is 0 Å². The first kappa shape index (κ1) is 12.8. The zero-order chi connectivity index (χ0) is 12.8. The molecule has 0 saturated carbocycles. The van der Waals surface area contributed by atoms with Crippen LogP contribution in [-0.2, 0) is 11.3 Å². The molecule has 1 amide bonds. The first-order chi connectivity index (χ1) is 8.75. The van der Waals surface area contributed by atoms with Crippen molar-refractivity contribution >= 4 is 6.09 Å². The lowest BCUT2D eigenvalue weighted by Crippen LogP contribution is -2.33. The van der Waals surface area contributed by atoms with Gasteiger partial charge >= 0.3 is 6.09 Å². The highest BCUT2D eigenvalue weighted by atomic mass is 19.1. The molecule has 1 fully saturated rings. The van der Waals surface area contributed by atoms with Crippen molar-refractivity contribution in [3.8, 4) is 0 Å². The number of carbonyl (C=O) groups is 1. The van der Waals surface area contributed by atoms with Crippen LogP contribution in [0.2, 0.25) is 0 Å². The molecule has 0 aromatic heterocycles. The maximum absolute atomic E-state index is 13.2. The predicted octanol–water partition coefficient (Wildman–Crippen LogP) is 1.47. The third kappa shape index (κ3) is 3.70. The first-order valence-corrected chi connectivity index (χ1v) is 6.05. The minimum atomic E-state index is -0.889. The van der Waals surface area contributed by atoms with E-state index in [2.05, 4.69) is 10.6 Å². The van der Waals surface area contributed by atoms with Gasteiger partial charge in [0.1, 0.15) is 12.8 Å². The number of nitrogens with one attached hydrogen (secondary N) is 2. The van der Waals surface area contributed by atoms with E-state index < -0.39 is 12.3 Å². The Hall–Kier alpha value is -1.62. The fourth-order valence-electron chi connectivity index (χ4n) is 1.89. The van der Waals surface area contributed by atoms with E-state index in [4.69, 9.17) is 4.74 Å². The maximum Gasteiger partial charge on any atom is 0.407 e. The Labute approximate surface area is 106 Å². The molecule has 18 heavy (non-hydrogen) atoms. The number of benzene rings is 1. The second-order valence-electron chi connectivity index (χ2n) is 4.38. The summed E-state index contributed by atoms with van der Waals surface area (Å²) < 4.78 is 18.3. The van der Waals surface area contributed by atoms with Gasteiger partial charge < -0.3 is 15.4 Å². The highest BCUT2D eigenvalue weighted by molar-refractivity contribution is 5.67. The molecule has 98 valence electrons. The molecule has 1 aromatic rings. The molecule has 1 saturated heterocycles. The Bertz CT molecular complexity index is 386. The number of ether oxygens (including phenoxy) is 1. The number of halogens is 1. The molecule has 0 spiro atoms. The van der Waals surface area contributed by atoms with Crippen molar-refractivity contribution in [2.24, 2.45) is 5.92 Å². The van der Waals surface area contributed by atoms with Crippen LogP contribution in [0.3, 0.4) is 0 Å². The van der Waals surface area contributed by atoms with Gasteiger partial charge in [0.15, 0.2) is 0 Å². The monoisotopic (exact) mass is 252 g/mol. The van der Waals surface area contributed by atoms with Crippen LogP contribution in [0.1, 0.15) is 5.56 Å². The van der Waals surface area contributed by atoms with Crippen LogP contribution < -0.4 is 10.6 Å². The summed E-state index contributed by atoms with van der Waals surface area (Å²) in [6.45, 7) is 1.50. The van der Waals surface area contributed by atoms with Gasteiger partial charge in [0.05, 0.1) is 0 Å². The normalized spacial score (nSPS) is 22.7. The molecule has 2 N–H and O–H groups in total. The average molecular weight is 252 g/mol. The zero-order valence-electron chi connectivity index (χ0n) is 10.1. The molecule has 1 aromatic carbocycles. The summed E-state index contributed by atoms with van der Waals surface area (Å²) in [5.41, 5.74) is 0.929. The molecule has 2 unspecified atom stereocenters. The quantitative estimate of drug-likeness (QED) is 0.853. The molecular formula is C13H17FN2O2. The fourth-order valence-corrected chi connectivity index (χ4v) is 1.89. The summed E-state index contributed by atoms with van der Waals surface area (Å²) in [5, 5.41) is 5.52. The molecule has 1 aliphatic heterocycles. The van der Waals surface area contributed by atoms with Crippen LogP contribution in [-0.4, -0.2) is 31.9 Å². The average Bonchev–Trinajstić information content (AvgIpc) is 2.81. The van der Waals surface area contributed by atoms with E-state index in [0.29, 0.717) is 19.6 Å². The van der Waals surface area contributed by atoms with Crippen molar-refractivity contribution in [2.75, 3.05) is 19.6 Å². The van der Waals surface area contributed by atoms with Gasteiger partial charge in [-0.2, -0.15) is 0 Å². The first-order valence-electron chi connectivity index (χ1n) is 6.05. The Morgan fingerprint density at radius 1 is 1.39 bits per heavy atom. The lowest BCUT2D eigenvalue weighted by atomic mass is 10.1. The van der Waals surface area contributed by atoms with E-state index in [1.807, 2.05) is 30.3 Å². The fraction of sp³-hybridized carbons (Fsp3) is 0.462. The van der Waals surface area contributed by atoms with Crippen LogP contribution in [0.25, 0.3) is 0 Å². The Morgan fingerprint density at radius 2 is 2.17 bits per heavy atom.